The summed E-state index contributed by atoms with van der Waals surface area (Å²) in [6, 6.07) is 5.52. The SMILES string of the molecule is CCCCc1n[nH]c(=O)c2cc(OC)ccc12. The molecule has 2 aromatic rings. The summed E-state index contributed by atoms with van der Waals surface area (Å²) >= 11 is 0. The van der Waals surface area contributed by atoms with Crippen LogP contribution in [0.5, 0.6) is 5.75 Å². The minimum absolute atomic E-state index is 0.167. The molecule has 90 valence electrons. The summed E-state index contributed by atoms with van der Waals surface area (Å²) in [5, 5.41) is 8.23. The first-order valence-corrected chi connectivity index (χ1v) is 5.81. The highest BCUT2D eigenvalue weighted by Gasteiger charge is 2.07. The number of aryl methyl sites for hydroxylation is 1. The van der Waals surface area contributed by atoms with Gasteiger partial charge in [-0.15, -0.1) is 0 Å². The van der Waals surface area contributed by atoms with Crippen molar-refractivity contribution in [3.63, 3.8) is 0 Å². The van der Waals surface area contributed by atoms with Crippen molar-refractivity contribution in [2.24, 2.45) is 0 Å². The van der Waals surface area contributed by atoms with E-state index in [1.54, 1.807) is 13.2 Å². The van der Waals surface area contributed by atoms with E-state index in [1.807, 2.05) is 12.1 Å². The Hall–Kier alpha value is -1.84. The molecule has 1 aromatic heterocycles. The van der Waals surface area contributed by atoms with Gasteiger partial charge in [0.25, 0.3) is 5.56 Å². The Kier molecular flexibility index (Phi) is 3.42. The second-order valence-electron chi connectivity index (χ2n) is 4.01. The summed E-state index contributed by atoms with van der Waals surface area (Å²) in [6.07, 6.45) is 3.06. The van der Waals surface area contributed by atoms with Gasteiger partial charge in [0.2, 0.25) is 0 Å². The van der Waals surface area contributed by atoms with Crippen LogP contribution in [0.1, 0.15) is 25.5 Å². The molecule has 1 aromatic carbocycles. The number of methoxy groups -OCH3 is 1. The van der Waals surface area contributed by atoms with Gasteiger partial charge in [0.1, 0.15) is 5.75 Å². The maximum atomic E-state index is 11.7. The third kappa shape index (κ3) is 2.30. The van der Waals surface area contributed by atoms with Gasteiger partial charge >= 0.3 is 0 Å². The largest absolute Gasteiger partial charge is 0.497 e. The molecule has 0 unspecified atom stereocenters. The smallest absolute Gasteiger partial charge is 0.272 e. The van der Waals surface area contributed by atoms with E-state index in [2.05, 4.69) is 17.1 Å². The average Bonchev–Trinajstić information content (AvgIpc) is 2.38. The molecule has 0 aliphatic heterocycles. The molecular weight excluding hydrogens is 216 g/mol. The lowest BCUT2D eigenvalue weighted by molar-refractivity contribution is 0.415. The first kappa shape index (κ1) is 11.6. The zero-order valence-electron chi connectivity index (χ0n) is 10.1. The van der Waals surface area contributed by atoms with Crippen LogP contribution in [0.15, 0.2) is 23.0 Å². The molecule has 0 atom stereocenters. The lowest BCUT2D eigenvalue weighted by atomic mass is 10.1. The molecule has 0 bridgehead atoms. The summed E-state index contributed by atoms with van der Waals surface area (Å²) in [5.74, 6) is 0.690. The molecule has 0 spiro atoms. The van der Waals surface area contributed by atoms with Crippen molar-refractivity contribution < 1.29 is 4.74 Å². The number of hydrogen-bond donors (Lipinski definition) is 1. The van der Waals surface area contributed by atoms with E-state index >= 15 is 0 Å². The molecule has 1 N–H and O–H groups in total. The van der Waals surface area contributed by atoms with Crippen molar-refractivity contribution in [2.45, 2.75) is 26.2 Å². The van der Waals surface area contributed by atoms with E-state index in [0.29, 0.717) is 11.1 Å². The summed E-state index contributed by atoms with van der Waals surface area (Å²) in [5.41, 5.74) is 0.781. The Balaban J connectivity index is 2.57. The van der Waals surface area contributed by atoms with Gasteiger partial charge in [-0.2, -0.15) is 5.10 Å². The number of unbranched alkanes of at least 4 members (excludes halogenated alkanes) is 1. The second-order valence-corrected chi connectivity index (χ2v) is 4.01. The number of ether oxygens (including phenoxy) is 1. The predicted octanol–water partition coefficient (Wildman–Crippen LogP) is 2.27. The van der Waals surface area contributed by atoms with E-state index in [1.165, 1.54) is 0 Å². The molecule has 17 heavy (non-hydrogen) atoms. The van der Waals surface area contributed by atoms with E-state index < -0.39 is 0 Å². The molecule has 0 radical (unpaired) electrons. The number of H-pyrrole nitrogens is 1. The standard InChI is InChI=1S/C13H16N2O2/c1-3-4-5-12-10-7-6-9(17-2)8-11(10)13(16)15-14-12/h6-8H,3-5H2,1-2H3,(H,15,16). The zero-order chi connectivity index (χ0) is 12.3. The quantitative estimate of drug-likeness (QED) is 0.879. The van der Waals surface area contributed by atoms with E-state index in [-0.39, 0.29) is 5.56 Å². The first-order chi connectivity index (χ1) is 8.26. The van der Waals surface area contributed by atoms with Crippen molar-refractivity contribution in [1.29, 1.82) is 0 Å². The minimum Gasteiger partial charge on any atom is -0.497 e. The molecule has 0 saturated heterocycles. The molecule has 4 heteroatoms. The maximum absolute atomic E-state index is 11.7. The molecule has 0 fully saturated rings. The normalized spacial score (nSPS) is 10.7. The molecule has 0 aliphatic carbocycles. The topological polar surface area (TPSA) is 55.0 Å². The van der Waals surface area contributed by atoms with Gasteiger partial charge in [-0.05, 0) is 31.0 Å². The molecule has 2 rings (SSSR count). The number of aromatic nitrogens is 2. The van der Waals surface area contributed by atoms with Gasteiger partial charge < -0.3 is 4.74 Å². The fraction of sp³-hybridized carbons (Fsp3) is 0.385. The van der Waals surface area contributed by atoms with Gasteiger partial charge in [0.15, 0.2) is 0 Å². The van der Waals surface area contributed by atoms with Crippen LogP contribution in [0.3, 0.4) is 0 Å². The Morgan fingerprint density at radius 1 is 1.35 bits per heavy atom. The molecule has 1 heterocycles. The first-order valence-electron chi connectivity index (χ1n) is 5.81. The third-order valence-corrected chi connectivity index (χ3v) is 2.84. The average molecular weight is 232 g/mol. The van der Waals surface area contributed by atoms with E-state index in [0.717, 1.165) is 30.3 Å². The number of nitrogens with zero attached hydrogens (tertiary/aromatic N) is 1. The van der Waals surface area contributed by atoms with Crippen molar-refractivity contribution >= 4 is 10.8 Å². The van der Waals surface area contributed by atoms with E-state index in [9.17, 15) is 4.79 Å². The van der Waals surface area contributed by atoms with Crippen LogP contribution in [0.2, 0.25) is 0 Å². The van der Waals surface area contributed by atoms with Gasteiger partial charge in [-0.1, -0.05) is 13.3 Å². The number of fused-ring (bicyclic) bond motifs is 1. The van der Waals surface area contributed by atoms with Gasteiger partial charge in [0, 0.05) is 5.39 Å². The number of benzene rings is 1. The highest BCUT2D eigenvalue weighted by Crippen LogP contribution is 2.20. The second kappa shape index (κ2) is 4.99. The van der Waals surface area contributed by atoms with Crippen LogP contribution < -0.4 is 10.3 Å². The van der Waals surface area contributed by atoms with Crippen molar-refractivity contribution in [3.05, 3.63) is 34.2 Å². The Morgan fingerprint density at radius 3 is 2.88 bits per heavy atom. The Morgan fingerprint density at radius 2 is 2.18 bits per heavy atom. The summed E-state index contributed by atoms with van der Waals surface area (Å²) in [7, 11) is 1.59. The molecule has 0 amide bonds. The van der Waals surface area contributed by atoms with Crippen molar-refractivity contribution in [1.82, 2.24) is 10.2 Å². The van der Waals surface area contributed by atoms with E-state index in [4.69, 9.17) is 4.74 Å². The van der Waals surface area contributed by atoms with Gasteiger partial charge in [-0.25, -0.2) is 5.10 Å². The zero-order valence-corrected chi connectivity index (χ0v) is 10.1. The highest BCUT2D eigenvalue weighted by atomic mass is 16.5. The van der Waals surface area contributed by atoms with Crippen LogP contribution >= 0.6 is 0 Å². The molecule has 0 aliphatic rings. The Labute approximate surface area is 99.6 Å². The monoisotopic (exact) mass is 232 g/mol. The fourth-order valence-electron chi connectivity index (χ4n) is 1.86. The lowest BCUT2D eigenvalue weighted by Crippen LogP contribution is -2.11. The molecule has 0 saturated carbocycles. The fourth-order valence-corrected chi connectivity index (χ4v) is 1.86. The Bertz CT molecular complexity index is 575. The predicted molar refractivity (Wildman–Crippen MR) is 67.5 cm³/mol. The van der Waals surface area contributed by atoms with Crippen molar-refractivity contribution in [2.75, 3.05) is 7.11 Å². The summed E-state index contributed by atoms with van der Waals surface area (Å²) in [6.45, 7) is 2.14. The van der Waals surface area contributed by atoms with Gasteiger partial charge in [-0.3, -0.25) is 4.79 Å². The highest BCUT2D eigenvalue weighted by molar-refractivity contribution is 5.84. The molecule has 4 nitrogen and oxygen atoms in total. The number of aromatic amines is 1. The maximum Gasteiger partial charge on any atom is 0.272 e. The van der Waals surface area contributed by atoms with Crippen LogP contribution in [-0.2, 0) is 6.42 Å². The van der Waals surface area contributed by atoms with Crippen LogP contribution in [0, 0.1) is 0 Å². The number of rotatable bonds is 4. The van der Waals surface area contributed by atoms with Gasteiger partial charge in [0.05, 0.1) is 18.2 Å². The lowest BCUT2D eigenvalue weighted by Gasteiger charge is -2.05. The minimum atomic E-state index is -0.167. The number of nitrogens with one attached hydrogen (secondary N) is 1. The summed E-state index contributed by atoms with van der Waals surface area (Å²) < 4.78 is 5.13. The molecular formula is C13H16N2O2. The van der Waals surface area contributed by atoms with Crippen LogP contribution in [0.25, 0.3) is 10.8 Å². The number of hydrogen-bond acceptors (Lipinski definition) is 3. The van der Waals surface area contributed by atoms with Crippen LogP contribution in [0.4, 0.5) is 0 Å². The summed E-state index contributed by atoms with van der Waals surface area (Å²) in [4.78, 5) is 11.7. The van der Waals surface area contributed by atoms with Crippen LogP contribution in [-0.4, -0.2) is 17.3 Å². The van der Waals surface area contributed by atoms with Crippen molar-refractivity contribution in [3.8, 4) is 5.75 Å². The third-order valence-electron chi connectivity index (χ3n) is 2.84.